The van der Waals surface area contributed by atoms with Gasteiger partial charge in [0, 0.05) is 24.1 Å². The van der Waals surface area contributed by atoms with Crippen LogP contribution in [-0.2, 0) is 6.42 Å². The Morgan fingerprint density at radius 2 is 1.15 bits per heavy atom. The maximum Gasteiger partial charge on any atom is 0.286 e. The van der Waals surface area contributed by atoms with Crippen LogP contribution in [0.3, 0.4) is 0 Å². The lowest BCUT2D eigenvalue weighted by molar-refractivity contribution is -0.404. The number of rotatable bonds is 7. The molecule has 13 nitrogen and oxygen atoms in total. The van der Waals surface area contributed by atoms with Gasteiger partial charge >= 0.3 is 0 Å². The lowest BCUT2D eigenvalue weighted by Gasteiger charge is -2.05. The number of hydrogen-bond donors (Lipinski definition) is 0. The quantitative estimate of drug-likeness (QED) is 0.397. The number of Topliss-reactive ketones (excluding diaryl/α,β-unsaturated/α-hetero) is 1. The summed E-state index contributed by atoms with van der Waals surface area (Å²) in [6, 6.07) is 5.34. The van der Waals surface area contributed by atoms with Crippen LogP contribution < -0.4 is 0 Å². The smallest absolute Gasteiger partial charge is 0.286 e. The topological polar surface area (TPSA) is 190 Å². The summed E-state index contributed by atoms with van der Waals surface area (Å²) in [6.45, 7) is 0. The molecule has 0 aromatic heterocycles. The molecule has 0 aliphatic rings. The third-order valence-corrected chi connectivity index (χ3v) is 3.53. The summed E-state index contributed by atoms with van der Waals surface area (Å²) in [5, 5.41) is 43.8. The standard InChI is InChI=1S/C14H8N4O9/c19-14(8-1-3-9(4-2-8)15(20)21)7-11-12(17(24)25)5-10(16(22)23)6-13(11)18(26)27/h1-6H,7H2. The first-order chi connectivity index (χ1) is 12.6. The molecule has 2 rings (SSSR count). The Morgan fingerprint density at radius 1 is 0.704 bits per heavy atom. The molecule has 0 atom stereocenters. The molecule has 0 bridgehead atoms. The number of benzene rings is 2. The van der Waals surface area contributed by atoms with Crippen LogP contribution in [0.25, 0.3) is 0 Å². The molecular formula is C14H8N4O9. The Labute approximate surface area is 148 Å². The van der Waals surface area contributed by atoms with Gasteiger partial charge in [-0.05, 0) is 12.1 Å². The van der Waals surface area contributed by atoms with Crippen molar-refractivity contribution < 1.29 is 24.5 Å². The molecule has 138 valence electrons. The van der Waals surface area contributed by atoms with Crippen molar-refractivity contribution >= 4 is 28.5 Å². The third-order valence-electron chi connectivity index (χ3n) is 3.53. The predicted octanol–water partition coefficient (Wildman–Crippen LogP) is 2.74. The Bertz CT molecular complexity index is 950. The van der Waals surface area contributed by atoms with Crippen molar-refractivity contribution in [2.45, 2.75) is 6.42 Å². The van der Waals surface area contributed by atoms with E-state index in [2.05, 4.69) is 0 Å². The second-order valence-corrected chi connectivity index (χ2v) is 5.14. The molecule has 0 saturated heterocycles. The molecule has 0 radical (unpaired) electrons. The Morgan fingerprint density at radius 3 is 1.52 bits per heavy atom. The second-order valence-electron chi connectivity index (χ2n) is 5.14. The average molecular weight is 376 g/mol. The van der Waals surface area contributed by atoms with Gasteiger partial charge in [-0.15, -0.1) is 0 Å². The van der Waals surface area contributed by atoms with E-state index in [1.165, 1.54) is 0 Å². The Balaban J connectivity index is 2.51. The van der Waals surface area contributed by atoms with Gasteiger partial charge in [0.15, 0.2) is 5.78 Å². The molecule has 0 amide bonds. The van der Waals surface area contributed by atoms with Crippen LogP contribution in [0.5, 0.6) is 0 Å². The highest BCUT2D eigenvalue weighted by molar-refractivity contribution is 5.98. The average Bonchev–Trinajstić information content (AvgIpc) is 2.61. The zero-order valence-corrected chi connectivity index (χ0v) is 13.1. The van der Waals surface area contributed by atoms with Crippen molar-refractivity contribution in [3.63, 3.8) is 0 Å². The number of hydrogen-bond acceptors (Lipinski definition) is 9. The van der Waals surface area contributed by atoms with Gasteiger partial charge in [0.1, 0.15) is 5.56 Å². The van der Waals surface area contributed by atoms with Gasteiger partial charge in [-0.1, -0.05) is 0 Å². The highest BCUT2D eigenvalue weighted by Gasteiger charge is 2.31. The van der Waals surface area contributed by atoms with Gasteiger partial charge in [0.2, 0.25) is 0 Å². The summed E-state index contributed by atoms with van der Waals surface area (Å²) in [4.78, 5) is 52.3. The largest absolute Gasteiger partial charge is 0.294 e. The minimum atomic E-state index is -1.06. The van der Waals surface area contributed by atoms with Crippen molar-refractivity contribution in [3.05, 3.63) is 88.0 Å². The number of nitrogens with zero attached hydrogens (tertiary/aromatic N) is 4. The van der Waals surface area contributed by atoms with Crippen molar-refractivity contribution in [2.24, 2.45) is 0 Å². The van der Waals surface area contributed by atoms with E-state index in [-0.39, 0.29) is 11.3 Å². The summed E-state index contributed by atoms with van der Waals surface area (Å²) < 4.78 is 0. The van der Waals surface area contributed by atoms with E-state index in [9.17, 15) is 45.3 Å². The van der Waals surface area contributed by atoms with Crippen LogP contribution in [0.1, 0.15) is 15.9 Å². The normalized spacial score (nSPS) is 10.2. The number of carbonyl (C=O) groups excluding carboxylic acids is 1. The maximum atomic E-state index is 12.3. The van der Waals surface area contributed by atoms with Gasteiger partial charge < -0.3 is 0 Å². The number of non-ortho nitro benzene ring substituents is 2. The number of ketones is 1. The van der Waals surface area contributed by atoms with Gasteiger partial charge in [-0.3, -0.25) is 45.3 Å². The second kappa shape index (κ2) is 7.30. The van der Waals surface area contributed by atoms with Crippen LogP contribution >= 0.6 is 0 Å². The van der Waals surface area contributed by atoms with E-state index in [1.54, 1.807) is 0 Å². The minimum absolute atomic E-state index is 0.0671. The lowest BCUT2D eigenvalue weighted by Crippen LogP contribution is -2.09. The first-order valence-electron chi connectivity index (χ1n) is 6.99. The van der Waals surface area contributed by atoms with Crippen LogP contribution in [0.15, 0.2) is 36.4 Å². The van der Waals surface area contributed by atoms with Crippen molar-refractivity contribution in [1.82, 2.24) is 0 Å². The van der Waals surface area contributed by atoms with E-state index in [0.717, 1.165) is 24.3 Å². The van der Waals surface area contributed by atoms with E-state index in [0.29, 0.717) is 12.1 Å². The molecule has 0 spiro atoms. The van der Waals surface area contributed by atoms with Gasteiger partial charge in [0.05, 0.1) is 31.8 Å². The van der Waals surface area contributed by atoms with Gasteiger partial charge in [0.25, 0.3) is 22.7 Å². The fourth-order valence-corrected chi connectivity index (χ4v) is 2.27. The number of carbonyl (C=O) groups is 1. The fourth-order valence-electron chi connectivity index (χ4n) is 2.27. The highest BCUT2D eigenvalue weighted by atomic mass is 16.6. The SMILES string of the molecule is O=C(Cc1c([N+](=O)[O-])cc([N+](=O)[O-])cc1[N+](=O)[O-])c1ccc([N+](=O)[O-])cc1. The molecule has 0 saturated carbocycles. The van der Waals surface area contributed by atoms with Crippen LogP contribution in [0.2, 0.25) is 0 Å². The van der Waals surface area contributed by atoms with Crippen molar-refractivity contribution in [3.8, 4) is 0 Å². The third kappa shape index (κ3) is 4.04. The molecule has 2 aromatic rings. The number of nitro benzene ring substituents is 4. The fraction of sp³-hybridized carbons (Fsp3) is 0.0714. The number of nitro groups is 4. The highest BCUT2D eigenvalue weighted by Crippen LogP contribution is 2.34. The maximum absolute atomic E-state index is 12.3. The molecule has 0 heterocycles. The van der Waals surface area contributed by atoms with Crippen LogP contribution in [0.4, 0.5) is 22.7 Å². The zero-order valence-electron chi connectivity index (χ0n) is 13.1. The molecule has 0 aliphatic carbocycles. The summed E-state index contributed by atoms with van der Waals surface area (Å²) in [7, 11) is 0. The lowest BCUT2D eigenvalue weighted by atomic mass is 9.99. The minimum Gasteiger partial charge on any atom is -0.294 e. The van der Waals surface area contributed by atoms with Gasteiger partial charge in [-0.25, -0.2) is 0 Å². The Kier molecular flexibility index (Phi) is 5.15. The van der Waals surface area contributed by atoms with E-state index in [4.69, 9.17) is 0 Å². The first-order valence-corrected chi connectivity index (χ1v) is 6.99. The molecule has 27 heavy (non-hydrogen) atoms. The summed E-state index contributed by atoms with van der Waals surface area (Å²) in [5.74, 6) is -0.787. The van der Waals surface area contributed by atoms with Crippen LogP contribution in [0, 0.1) is 40.5 Å². The molecule has 0 aliphatic heterocycles. The predicted molar refractivity (Wildman–Crippen MR) is 87.5 cm³/mol. The van der Waals surface area contributed by atoms with Crippen molar-refractivity contribution in [1.29, 1.82) is 0 Å². The molecular weight excluding hydrogens is 368 g/mol. The van der Waals surface area contributed by atoms with Crippen LogP contribution in [-0.4, -0.2) is 25.5 Å². The van der Waals surface area contributed by atoms with E-state index >= 15 is 0 Å². The van der Waals surface area contributed by atoms with Gasteiger partial charge in [-0.2, -0.15) is 0 Å². The molecule has 2 aromatic carbocycles. The monoisotopic (exact) mass is 376 g/mol. The summed E-state index contributed by atoms with van der Waals surface area (Å²) in [5.41, 5.74) is -3.70. The first kappa shape index (κ1) is 19.0. The molecule has 0 unspecified atom stereocenters. The Hall–Kier alpha value is -4.29. The summed E-state index contributed by atoms with van der Waals surface area (Å²) >= 11 is 0. The van der Waals surface area contributed by atoms with E-state index in [1.807, 2.05) is 0 Å². The summed E-state index contributed by atoms with van der Waals surface area (Å²) in [6.07, 6.45) is -0.789. The van der Waals surface area contributed by atoms with Crippen molar-refractivity contribution in [2.75, 3.05) is 0 Å². The molecule has 0 fully saturated rings. The zero-order chi connectivity index (χ0) is 20.3. The molecule has 0 N–H and O–H groups in total. The van der Waals surface area contributed by atoms with E-state index < -0.39 is 54.5 Å². The molecule has 13 heteroatoms.